The summed E-state index contributed by atoms with van der Waals surface area (Å²) < 4.78 is 5.63. The number of aromatic nitrogens is 1. The van der Waals surface area contributed by atoms with Crippen LogP contribution in [0.2, 0.25) is 0 Å². The summed E-state index contributed by atoms with van der Waals surface area (Å²) in [4.78, 5) is 14.6. The minimum atomic E-state index is -0.856. The summed E-state index contributed by atoms with van der Waals surface area (Å²) >= 11 is 0. The third kappa shape index (κ3) is 3.76. The number of hydrogen-bond acceptors (Lipinski definition) is 5. The maximum Gasteiger partial charge on any atom is 0.270 e. The molecule has 0 bridgehead atoms. The maximum absolute atomic E-state index is 10.8. The van der Waals surface area contributed by atoms with Gasteiger partial charge in [-0.15, -0.1) is 0 Å². The number of nitro groups is 1. The molecule has 0 fully saturated rings. The number of aliphatic hydroxyl groups is 1. The summed E-state index contributed by atoms with van der Waals surface area (Å²) in [5, 5.41) is 20.5. The largest absolute Gasteiger partial charge is 0.487 e. The van der Waals surface area contributed by atoms with E-state index in [-0.39, 0.29) is 12.3 Å². The molecule has 2 aromatic rings. The van der Waals surface area contributed by atoms with Gasteiger partial charge < -0.3 is 9.84 Å². The lowest BCUT2D eigenvalue weighted by Gasteiger charge is -2.13. The molecule has 6 heteroatoms. The standard InChI is InChI=1S/C15H16N2O4/c1-10-4-3-5-12(16-10)9-21-15-7-6-13(17(19)20)8-14(15)11(2)18/h3-8,11,18H,9H2,1-2H3. The third-order valence-corrected chi connectivity index (χ3v) is 2.98. The number of aliphatic hydroxyl groups excluding tert-OH is 1. The van der Waals surface area contributed by atoms with Crippen molar-refractivity contribution < 1.29 is 14.8 Å². The molecule has 0 saturated heterocycles. The van der Waals surface area contributed by atoms with E-state index < -0.39 is 11.0 Å². The van der Waals surface area contributed by atoms with Gasteiger partial charge in [-0.05, 0) is 32.0 Å². The van der Waals surface area contributed by atoms with Crippen molar-refractivity contribution in [1.82, 2.24) is 4.98 Å². The first-order valence-electron chi connectivity index (χ1n) is 6.49. The van der Waals surface area contributed by atoms with Crippen LogP contribution in [-0.4, -0.2) is 15.0 Å². The Labute approximate surface area is 122 Å². The van der Waals surface area contributed by atoms with Crippen LogP contribution in [0.5, 0.6) is 5.75 Å². The van der Waals surface area contributed by atoms with Gasteiger partial charge in [-0.2, -0.15) is 0 Å². The molecule has 1 N–H and O–H groups in total. The van der Waals surface area contributed by atoms with E-state index in [9.17, 15) is 15.2 Å². The van der Waals surface area contributed by atoms with Crippen LogP contribution in [0.4, 0.5) is 5.69 Å². The van der Waals surface area contributed by atoms with E-state index in [1.54, 1.807) is 0 Å². The first-order valence-corrected chi connectivity index (χ1v) is 6.49. The molecule has 21 heavy (non-hydrogen) atoms. The quantitative estimate of drug-likeness (QED) is 0.675. The topological polar surface area (TPSA) is 85.5 Å². The van der Waals surface area contributed by atoms with Crippen molar-refractivity contribution in [1.29, 1.82) is 0 Å². The number of ether oxygens (including phenoxy) is 1. The molecule has 110 valence electrons. The third-order valence-electron chi connectivity index (χ3n) is 2.98. The lowest BCUT2D eigenvalue weighted by atomic mass is 10.1. The number of aryl methyl sites for hydroxylation is 1. The van der Waals surface area contributed by atoms with Gasteiger partial charge >= 0.3 is 0 Å². The second kappa shape index (κ2) is 6.32. The van der Waals surface area contributed by atoms with Crippen LogP contribution < -0.4 is 4.74 Å². The van der Waals surface area contributed by atoms with Gasteiger partial charge in [-0.1, -0.05) is 6.07 Å². The van der Waals surface area contributed by atoms with E-state index in [0.717, 1.165) is 11.4 Å². The minimum Gasteiger partial charge on any atom is -0.487 e. The van der Waals surface area contributed by atoms with E-state index in [1.165, 1.54) is 25.1 Å². The Morgan fingerprint density at radius 1 is 1.38 bits per heavy atom. The molecule has 1 unspecified atom stereocenters. The number of pyridine rings is 1. The zero-order valence-electron chi connectivity index (χ0n) is 11.8. The molecule has 0 saturated carbocycles. The van der Waals surface area contributed by atoms with E-state index in [2.05, 4.69) is 4.98 Å². The summed E-state index contributed by atoms with van der Waals surface area (Å²) in [5.74, 6) is 0.416. The molecule has 1 atom stereocenters. The number of hydrogen-bond donors (Lipinski definition) is 1. The Bertz CT molecular complexity index is 656. The number of nitrogens with zero attached hydrogens (tertiary/aromatic N) is 2. The van der Waals surface area contributed by atoms with Crippen molar-refractivity contribution in [3.8, 4) is 5.75 Å². The lowest BCUT2D eigenvalue weighted by Crippen LogP contribution is -2.03. The highest BCUT2D eigenvalue weighted by Gasteiger charge is 2.15. The summed E-state index contributed by atoms with van der Waals surface area (Å²) in [7, 11) is 0. The summed E-state index contributed by atoms with van der Waals surface area (Å²) in [6, 6.07) is 9.77. The van der Waals surface area contributed by atoms with Gasteiger partial charge in [0.1, 0.15) is 12.4 Å². The second-order valence-corrected chi connectivity index (χ2v) is 4.71. The highest BCUT2D eigenvalue weighted by molar-refractivity contribution is 5.44. The fourth-order valence-corrected chi connectivity index (χ4v) is 1.94. The van der Waals surface area contributed by atoms with Crippen LogP contribution in [0.3, 0.4) is 0 Å². The highest BCUT2D eigenvalue weighted by atomic mass is 16.6. The molecule has 1 aromatic carbocycles. The van der Waals surface area contributed by atoms with Crippen LogP contribution in [0, 0.1) is 17.0 Å². The SMILES string of the molecule is Cc1cccc(COc2ccc([N+](=O)[O-])cc2C(C)O)n1. The van der Waals surface area contributed by atoms with Crippen molar-refractivity contribution in [3.05, 3.63) is 63.5 Å². The first kappa shape index (κ1) is 14.9. The smallest absolute Gasteiger partial charge is 0.270 e. The Kier molecular flexibility index (Phi) is 4.49. The molecule has 0 radical (unpaired) electrons. The van der Waals surface area contributed by atoms with Crippen LogP contribution >= 0.6 is 0 Å². The number of non-ortho nitro benzene ring substituents is 1. The predicted molar refractivity (Wildman–Crippen MR) is 77.0 cm³/mol. The molecular formula is C15H16N2O4. The zero-order valence-corrected chi connectivity index (χ0v) is 11.8. The zero-order chi connectivity index (χ0) is 15.4. The Morgan fingerprint density at radius 2 is 2.14 bits per heavy atom. The van der Waals surface area contributed by atoms with Gasteiger partial charge in [0.05, 0.1) is 16.7 Å². The summed E-state index contributed by atoms with van der Waals surface area (Å²) in [5.41, 5.74) is 1.95. The van der Waals surface area contributed by atoms with Crippen LogP contribution in [0.1, 0.15) is 30.0 Å². The van der Waals surface area contributed by atoms with Gasteiger partial charge in [0.2, 0.25) is 0 Å². The first-order chi connectivity index (χ1) is 9.97. The Morgan fingerprint density at radius 3 is 2.76 bits per heavy atom. The molecule has 0 aliphatic carbocycles. The monoisotopic (exact) mass is 288 g/mol. The fraction of sp³-hybridized carbons (Fsp3) is 0.267. The molecule has 0 aliphatic rings. The maximum atomic E-state index is 10.8. The second-order valence-electron chi connectivity index (χ2n) is 4.71. The minimum absolute atomic E-state index is 0.0769. The molecular weight excluding hydrogens is 272 g/mol. The van der Waals surface area contributed by atoms with Gasteiger partial charge in [0, 0.05) is 23.4 Å². The van der Waals surface area contributed by atoms with Gasteiger partial charge in [-0.25, -0.2) is 0 Å². The van der Waals surface area contributed by atoms with E-state index in [0.29, 0.717) is 11.3 Å². The molecule has 1 heterocycles. The molecule has 0 aliphatic heterocycles. The van der Waals surface area contributed by atoms with Crippen molar-refractivity contribution in [3.63, 3.8) is 0 Å². The Hall–Kier alpha value is -2.47. The normalized spacial score (nSPS) is 12.0. The van der Waals surface area contributed by atoms with Crippen LogP contribution in [0.25, 0.3) is 0 Å². The van der Waals surface area contributed by atoms with Crippen LogP contribution in [0.15, 0.2) is 36.4 Å². The number of rotatable bonds is 5. The highest BCUT2D eigenvalue weighted by Crippen LogP contribution is 2.29. The van der Waals surface area contributed by atoms with Gasteiger partial charge in [-0.3, -0.25) is 15.1 Å². The van der Waals surface area contributed by atoms with Crippen LogP contribution in [-0.2, 0) is 6.61 Å². The lowest BCUT2D eigenvalue weighted by molar-refractivity contribution is -0.385. The molecule has 1 aromatic heterocycles. The van der Waals surface area contributed by atoms with Gasteiger partial charge in [0.15, 0.2) is 0 Å². The van der Waals surface area contributed by atoms with E-state index >= 15 is 0 Å². The number of nitro benzene ring substituents is 1. The van der Waals surface area contributed by atoms with Crippen molar-refractivity contribution in [2.45, 2.75) is 26.6 Å². The van der Waals surface area contributed by atoms with Crippen molar-refractivity contribution in [2.75, 3.05) is 0 Å². The number of benzene rings is 1. The van der Waals surface area contributed by atoms with E-state index in [4.69, 9.17) is 4.74 Å². The van der Waals surface area contributed by atoms with E-state index in [1.807, 2.05) is 25.1 Å². The molecule has 0 amide bonds. The average molecular weight is 288 g/mol. The van der Waals surface area contributed by atoms with Crippen molar-refractivity contribution in [2.24, 2.45) is 0 Å². The average Bonchev–Trinajstić information content (AvgIpc) is 2.44. The molecule has 6 nitrogen and oxygen atoms in total. The fourth-order valence-electron chi connectivity index (χ4n) is 1.94. The van der Waals surface area contributed by atoms with Gasteiger partial charge in [0.25, 0.3) is 5.69 Å². The predicted octanol–water partition coefficient (Wildman–Crippen LogP) is 2.93. The molecule has 2 rings (SSSR count). The summed E-state index contributed by atoms with van der Waals surface area (Å²) in [6.07, 6.45) is -0.856. The summed E-state index contributed by atoms with van der Waals surface area (Å²) in [6.45, 7) is 3.66. The van der Waals surface area contributed by atoms with Crippen molar-refractivity contribution >= 4 is 5.69 Å². The Balaban J connectivity index is 2.21. The molecule has 0 spiro atoms.